The highest BCUT2D eigenvalue weighted by Gasteiger charge is 2.65. The predicted molar refractivity (Wildman–Crippen MR) is 118 cm³/mol. The van der Waals surface area contributed by atoms with E-state index < -0.39 is 0 Å². The standard InChI is InChI=1S/C26H45NO2/c1-5-18-17-20-21-12-11-19(9-8-10-23(28)29-4)24(21,2)16-13-22(20)25(3)14-6-7-15-26(18,25)27/h18-22H,5-17,27H2,1-4H3/t18-,19?,20?,21?,22?,24?,25?,26?/m0/s1. The summed E-state index contributed by atoms with van der Waals surface area (Å²) in [6, 6.07) is 0. The van der Waals surface area contributed by atoms with Crippen LogP contribution in [-0.4, -0.2) is 18.6 Å². The maximum absolute atomic E-state index is 11.6. The van der Waals surface area contributed by atoms with E-state index in [1.165, 1.54) is 77.7 Å². The number of methoxy groups -OCH3 is 1. The van der Waals surface area contributed by atoms with Gasteiger partial charge in [0, 0.05) is 12.0 Å². The van der Waals surface area contributed by atoms with Gasteiger partial charge in [-0.25, -0.2) is 0 Å². The molecule has 0 spiro atoms. The van der Waals surface area contributed by atoms with Gasteiger partial charge in [0.15, 0.2) is 0 Å². The van der Waals surface area contributed by atoms with E-state index in [2.05, 4.69) is 20.8 Å². The molecule has 0 heterocycles. The molecule has 3 nitrogen and oxygen atoms in total. The summed E-state index contributed by atoms with van der Waals surface area (Å²) < 4.78 is 4.86. The van der Waals surface area contributed by atoms with E-state index in [-0.39, 0.29) is 11.5 Å². The minimum absolute atomic E-state index is 0.0454. The van der Waals surface area contributed by atoms with Gasteiger partial charge in [0.2, 0.25) is 0 Å². The Bertz CT molecular complexity index is 620. The van der Waals surface area contributed by atoms with Crippen LogP contribution in [-0.2, 0) is 9.53 Å². The Labute approximate surface area is 178 Å². The first-order chi connectivity index (χ1) is 13.8. The summed E-state index contributed by atoms with van der Waals surface area (Å²) in [6.07, 6.45) is 16.3. The first kappa shape index (κ1) is 21.7. The van der Waals surface area contributed by atoms with E-state index in [0.29, 0.717) is 23.2 Å². The minimum Gasteiger partial charge on any atom is -0.469 e. The Morgan fingerprint density at radius 1 is 1.03 bits per heavy atom. The third-order valence-corrected chi connectivity index (χ3v) is 11.0. The lowest BCUT2D eigenvalue weighted by atomic mass is 9.40. The van der Waals surface area contributed by atoms with Crippen LogP contribution >= 0.6 is 0 Å². The summed E-state index contributed by atoms with van der Waals surface area (Å²) in [5.41, 5.74) is 8.23. The summed E-state index contributed by atoms with van der Waals surface area (Å²) in [4.78, 5) is 11.6. The molecule has 8 atom stereocenters. The molecular formula is C26H45NO2. The highest BCUT2D eigenvalue weighted by atomic mass is 16.5. The monoisotopic (exact) mass is 403 g/mol. The number of carbonyl (C=O) groups excluding carboxylic acids is 1. The van der Waals surface area contributed by atoms with Crippen LogP contribution < -0.4 is 5.73 Å². The number of nitrogens with two attached hydrogens (primary N) is 1. The van der Waals surface area contributed by atoms with Gasteiger partial charge in [-0.15, -0.1) is 0 Å². The third-order valence-electron chi connectivity index (χ3n) is 11.0. The van der Waals surface area contributed by atoms with Gasteiger partial charge in [0.1, 0.15) is 0 Å². The number of carbonyl (C=O) groups is 1. The van der Waals surface area contributed by atoms with Gasteiger partial charge in [-0.3, -0.25) is 4.79 Å². The van der Waals surface area contributed by atoms with Crippen molar-refractivity contribution < 1.29 is 9.53 Å². The van der Waals surface area contributed by atoms with Crippen LogP contribution in [0.1, 0.15) is 104 Å². The van der Waals surface area contributed by atoms with Crippen LogP contribution in [0.3, 0.4) is 0 Å². The zero-order valence-corrected chi connectivity index (χ0v) is 19.5. The molecule has 0 aromatic rings. The lowest BCUT2D eigenvalue weighted by Gasteiger charge is -2.67. The number of fused-ring (bicyclic) bond motifs is 5. The molecule has 0 aliphatic heterocycles. The maximum Gasteiger partial charge on any atom is 0.305 e. The van der Waals surface area contributed by atoms with Crippen molar-refractivity contribution in [3.05, 3.63) is 0 Å². The molecule has 166 valence electrons. The zero-order chi connectivity index (χ0) is 20.9. The van der Waals surface area contributed by atoms with Crippen LogP contribution in [0.2, 0.25) is 0 Å². The summed E-state index contributed by atoms with van der Waals surface area (Å²) >= 11 is 0. The van der Waals surface area contributed by atoms with Crippen molar-refractivity contribution in [1.82, 2.24) is 0 Å². The lowest BCUT2D eigenvalue weighted by Crippen LogP contribution is -2.69. The zero-order valence-electron chi connectivity index (χ0n) is 19.5. The molecule has 4 rings (SSSR count). The van der Waals surface area contributed by atoms with E-state index in [1.807, 2.05) is 0 Å². The van der Waals surface area contributed by atoms with E-state index in [1.54, 1.807) is 0 Å². The fraction of sp³-hybridized carbons (Fsp3) is 0.962. The third kappa shape index (κ3) is 3.20. The summed E-state index contributed by atoms with van der Waals surface area (Å²) in [5.74, 6) is 4.04. The molecule has 29 heavy (non-hydrogen) atoms. The first-order valence-corrected chi connectivity index (χ1v) is 12.7. The van der Waals surface area contributed by atoms with Gasteiger partial charge in [-0.2, -0.15) is 0 Å². The molecule has 0 saturated heterocycles. The topological polar surface area (TPSA) is 52.3 Å². The Morgan fingerprint density at radius 2 is 1.79 bits per heavy atom. The molecular weight excluding hydrogens is 358 g/mol. The van der Waals surface area contributed by atoms with Crippen molar-refractivity contribution in [1.29, 1.82) is 0 Å². The average molecular weight is 404 g/mol. The van der Waals surface area contributed by atoms with Crippen LogP contribution in [0, 0.1) is 40.4 Å². The largest absolute Gasteiger partial charge is 0.469 e. The summed E-state index contributed by atoms with van der Waals surface area (Å²) in [7, 11) is 1.51. The highest BCUT2D eigenvalue weighted by molar-refractivity contribution is 5.68. The Balaban J connectivity index is 1.54. The number of hydrogen-bond donors (Lipinski definition) is 1. The number of ether oxygens (including phenoxy) is 1. The predicted octanol–water partition coefficient (Wildman–Crippen LogP) is 6.10. The van der Waals surface area contributed by atoms with Crippen LogP contribution in [0.5, 0.6) is 0 Å². The maximum atomic E-state index is 11.6. The molecule has 3 heteroatoms. The van der Waals surface area contributed by atoms with Crippen molar-refractivity contribution in [2.24, 2.45) is 46.2 Å². The SMILES string of the molecule is CC[C@H]1CC2C3CCC(CCCC(=O)OC)C3(C)CCC2C2(C)CCCCC12N. The fourth-order valence-corrected chi connectivity index (χ4v) is 9.28. The molecule has 0 amide bonds. The fourth-order valence-electron chi connectivity index (χ4n) is 9.28. The first-order valence-electron chi connectivity index (χ1n) is 12.7. The van der Waals surface area contributed by atoms with Crippen molar-refractivity contribution in [2.45, 2.75) is 110 Å². The molecule has 2 N–H and O–H groups in total. The van der Waals surface area contributed by atoms with Crippen LogP contribution in [0.15, 0.2) is 0 Å². The van der Waals surface area contributed by atoms with Gasteiger partial charge in [0.25, 0.3) is 0 Å². The van der Waals surface area contributed by atoms with Crippen LogP contribution in [0.25, 0.3) is 0 Å². The van der Waals surface area contributed by atoms with Gasteiger partial charge >= 0.3 is 5.97 Å². The second kappa shape index (κ2) is 7.84. The normalized spacial score (nSPS) is 49.1. The molecule has 0 bridgehead atoms. The summed E-state index contributed by atoms with van der Waals surface area (Å²) in [5, 5.41) is 0. The number of esters is 1. The molecule has 4 aliphatic rings. The number of rotatable bonds is 5. The second-order valence-corrected chi connectivity index (χ2v) is 11.7. The molecule has 4 aliphatic carbocycles. The Kier molecular flexibility index (Phi) is 5.86. The summed E-state index contributed by atoms with van der Waals surface area (Å²) in [6.45, 7) is 7.59. The average Bonchev–Trinajstić information content (AvgIpc) is 3.04. The minimum atomic E-state index is -0.0454. The molecule has 7 unspecified atom stereocenters. The van der Waals surface area contributed by atoms with Gasteiger partial charge < -0.3 is 10.5 Å². The molecule has 0 aromatic carbocycles. The van der Waals surface area contributed by atoms with E-state index in [4.69, 9.17) is 10.5 Å². The van der Waals surface area contributed by atoms with Crippen LogP contribution in [0.4, 0.5) is 0 Å². The molecule has 4 fully saturated rings. The lowest BCUT2D eigenvalue weighted by molar-refractivity contribution is -0.148. The highest BCUT2D eigenvalue weighted by Crippen LogP contribution is 2.69. The van der Waals surface area contributed by atoms with Crippen molar-refractivity contribution in [2.75, 3.05) is 7.11 Å². The number of hydrogen-bond acceptors (Lipinski definition) is 3. The Morgan fingerprint density at radius 3 is 2.52 bits per heavy atom. The molecule has 4 saturated carbocycles. The van der Waals surface area contributed by atoms with E-state index in [0.717, 1.165) is 30.1 Å². The molecule has 0 radical (unpaired) electrons. The quantitative estimate of drug-likeness (QED) is 0.565. The Hall–Kier alpha value is -0.570. The molecule has 0 aromatic heterocycles. The smallest absolute Gasteiger partial charge is 0.305 e. The van der Waals surface area contributed by atoms with Gasteiger partial charge in [-0.1, -0.05) is 40.0 Å². The van der Waals surface area contributed by atoms with Crippen molar-refractivity contribution in [3.63, 3.8) is 0 Å². The van der Waals surface area contributed by atoms with E-state index >= 15 is 0 Å². The second-order valence-electron chi connectivity index (χ2n) is 11.7. The van der Waals surface area contributed by atoms with Crippen molar-refractivity contribution >= 4 is 5.97 Å². The van der Waals surface area contributed by atoms with E-state index in [9.17, 15) is 4.79 Å². The van der Waals surface area contributed by atoms with Crippen molar-refractivity contribution in [3.8, 4) is 0 Å². The van der Waals surface area contributed by atoms with Gasteiger partial charge in [-0.05, 0) is 98.2 Å². The van der Waals surface area contributed by atoms with Gasteiger partial charge in [0.05, 0.1) is 7.11 Å².